The van der Waals surface area contributed by atoms with Gasteiger partial charge in [-0.2, -0.15) is 0 Å². The van der Waals surface area contributed by atoms with E-state index in [4.69, 9.17) is 5.73 Å². The van der Waals surface area contributed by atoms with E-state index in [1.807, 2.05) is 0 Å². The second-order valence-corrected chi connectivity index (χ2v) is 4.74. The van der Waals surface area contributed by atoms with E-state index < -0.39 is 23.7 Å². The van der Waals surface area contributed by atoms with E-state index in [0.29, 0.717) is 0 Å². The second kappa shape index (κ2) is 6.36. The van der Waals surface area contributed by atoms with E-state index in [-0.39, 0.29) is 23.9 Å². The smallest absolute Gasteiger partial charge is 0.165 e. The van der Waals surface area contributed by atoms with Crippen LogP contribution in [0.3, 0.4) is 0 Å². The number of phenols is 1. The first-order chi connectivity index (χ1) is 8.11. The van der Waals surface area contributed by atoms with Crippen LogP contribution in [0.15, 0.2) is 18.2 Å². The molecule has 2 rings (SSSR count). The Morgan fingerprint density at radius 1 is 1.28 bits per heavy atom. The molecule has 1 aliphatic rings. The van der Waals surface area contributed by atoms with Crippen LogP contribution in [0.4, 0.5) is 4.39 Å². The molecule has 4 N–H and O–H groups in total. The number of hydrogen-bond donors (Lipinski definition) is 3. The minimum absolute atomic E-state index is 0. The van der Waals surface area contributed by atoms with Gasteiger partial charge in [0, 0.05) is 5.56 Å². The summed E-state index contributed by atoms with van der Waals surface area (Å²) >= 11 is 0. The standard InChI is InChI=1S/C13H18FNO2.ClH/c14-10-7-3-6-9(13(10)17)11(15)12(16)8-4-1-2-5-8;/h3,6-8,11-12,16-17H,1-2,4-5,15H2;1H/t11-,12+;/m0./s1. The normalized spacial score (nSPS) is 19.3. The fourth-order valence-corrected chi connectivity index (χ4v) is 2.58. The highest BCUT2D eigenvalue weighted by Gasteiger charge is 2.30. The first-order valence-corrected chi connectivity index (χ1v) is 6.02. The summed E-state index contributed by atoms with van der Waals surface area (Å²) in [5, 5.41) is 19.7. The molecule has 0 amide bonds. The highest BCUT2D eigenvalue weighted by atomic mass is 35.5. The predicted molar refractivity (Wildman–Crippen MR) is 70.2 cm³/mol. The summed E-state index contributed by atoms with van der Waals surface area (Å²) in [5.74, 6) is -0.985. The Morgan fingerprint density at radius 2 is 1.89 bits per heavy atom. The molecule has 1 aromatic rings. The monoisotopic (exact) mass is 275 g/mol. The zero-order valence-corrected chi connectivity index (χ0v) is 10.9. The third-order valence-electron chi connectivity index (χ3n) is 3.63. The van der Waals surface area contributed by atoms with Gasteiger partial charge in [-0.15, -0.1) is 12.4 Å². The van der Waals surface area contributed by atoms with Gasteiger partial charge in [-0.05, 0) is 24.8 Å². The van der Waals surface area contributed by atoms with Crippen LogP contribution >= 0.6 is 12.4 Å². The van der Waals surface area contributed by atoms with Crippen molar-refractivity contribution in [2.75, 3.05) is 0 Å². The summed E-state index contributed by atoms with van der Waals surface area (Å²) in [7, 11) is 0. The third kappa shape index (κ3) is 2.94. The van der Waals surface area contributed by atoms with Crippen molar-refractivity contribution in [1.82, 2.24) is 0 Å². The van der Waals surface area contributed by atoms with Gasteiger partial charge in [-0.3, -0.25) is 0 Å². The Bertz CT molecular complexity index is 397. The number of hydrogen-bond acceptors (Lipinski definition) is 3. The van der Waals surface area contributed by atoms with Crippen molar-refractivity contribution in [3.8, 4) is 5.75 Å². The largest absolute Gasteiger partial charge is 0.505 e. The quantitative estimate of drug-likeness (QED) is 0.794. The van der Waals surface area contributed by atoms with E-state index in [2.05, 4.69) is 0 Å². The summed E-state index contributed by atoms with van der Waals surface area (Å²) in [6.07, 6.45) is 3.38. The highest BCUT2D eigenvalue weighted by Crippen LogP contribution is 2.35. The molecule has 2 atom stereocenters. The molecule has 0 saturated heterocycles. The second-order valence-electron chi connectivity index (χ2n) is 4.74. The number of phenolic OH excluding ortho intramolecular Hbond substituents is 1. The van der Waals surface area contributed by atoms with Crippen LogP contribution in [0, 0.1) is 11.7 Å². The van der Waals surface area contributed by atoms with Crippen LogP contribution in [-0.2, 0) is 0 Å². The van der Waals surface area contributed by atoms with Crippen LogP contribution in [0.1, 0.15) is 37.3 Å². The first kappa shape index (κ1) is 15.2. The molecule has 3 nitrogen and oxygen atoms in total. The van der Waals surface area contributed by atoms with Crippen molar-refractivity contribution in [3.63, 3.8) is 0 Å². The molecule has 0 bridgehead atoms. The fourth-order valence-electron chi connectivity index (χ4n) is 2.58. The van der Waals surface area contributed by atoms with Gasteiger partial charge in [0.25, 0.3) is 0 Å². The maximum atomic E-state index is 13.2. The fraction of sp³-hybridized carbons (Fsp3) is 0.538. The summed E-state index contributed by atoms with van der Waals surface area (Å²) in [4.78, 5) is 0. The number of halogens is 2. The van der Waals surface area contributed by atoms with E-state index in [0.717, 1.165) is 25.7 Å². The molecular formula is C13H19ClFNO2. The minimum Gasteiger partial charge on any atom is -0.505 e. The number of benzene rings is 1. The van der Waals surface area contributed by atoms with Crippen LogP contribution in [0.2, 0.25) is 0 Å². The van der Waals surface area contributed by atoms with Crippen LogP contribution in [-0.4, -0.2) is 16.3 Å². The Hall–Kier alpha value is -0.840. The van der Waals surface area contributed by atoms with Crippen molar-refractivity contribution in [3.05, 3.63) is 29.6 Å². The number of aliphatic hydroxyl groups is 1. The molecule has 0 aliphatic heterocycles. The number of aliphatic hydroxyl groups excluding tert-OH is 1. The molecular weight excluding hydrogens is 257 g/mol. The van der Waals surface area contributed by atoms with E-state index in [1.54, 1.807) is 6.07 Å². The molecule has 102 valence electrons. The Labute approximate surface area is 112 Å². The van der Waals surface area contributed by atoms with E-state index in [9.17, 15) is 14.6 Å². The lowest BCUT2D eigenvalue weighted by Crippen LogP contribution is -2.32. The summed E-state index contributed by atoms with van der Waals surface area (Å²) < 4.78 is 13.2. The molecule has 0 heterocycles. The van der Waals surface area contributed by atoms with Crippen molar-refractivity contribution < 1.29 is 14.6 Å². The summed E-state index contributed by atoms with van der Waals surface area (Å²) in [6, 6.07) is 3.49. The molecule has 5 heteroatoms. The molecule has 0 aromatic heterocycles. The molecule has 1 fully saturated rings. The third-order valence-corrected chi connectivity index (χ3v) is 3.63. The number of nitrogens with two attached hydrogens (primary N) is 1. The molecule has 0 spiro atoms. The van der Waals surface area contributed by atoms with Crippen molar-refractivity contribution in [2.24, 2.45) is 11.7 Å². The van der Waals surface area contributed by atoms with Gasteiger partial charge >= 0.3 is 0 Å². The summed E-state index contributed by atoms with van der Waals surface area (Å²) in [5.41, 5.74) is 6.19. The van der Waals surface area contributed by atoms with Crippen LogP contribution in [0.25, 0.3) is 0 Å². The average Bonchev–Trinajstić information content (AvgIpc) is 2.84. The van der Waals surface area contributed by atoms with Gasteiger partial charge in [0.1, 0.15) is 0 Å². The lowest BCUT2D eigenvalue weighted by Gasteiger charge is -2.25. The maximum Gasteiger partial charge on any atom is 0.165 e. The average molecular weight is 276 g/mol. The Kier molecular flexibility index (Phi) is 5.38. The highest BCUT2D eigenvalue weighted by molar-refractivity contribution is 5.85. The predicted octanol–water partition coefficient (Wildman–Crippen LogP) is 2.50. The lowest BCUT2D eigenvalue weighted by atomic mass is 9.90. The Morgan fingerprint density at radius 3 is 2.50 bits per heavy atom. The zero-order chi connectivity index (χ0) is 12.4. The number of para-hydroxylation sites is 1. The maximum absolute atomic E-state index is 13.2. The minimum atomic E-state index is -0.728. The number of rotatable bonds is 3. The van der Waals surface area contributed by atoms with Crippen LogP contribution < -0.4 is 5.73 Å². The molecule has 1 saturated carbocycles. The molecule has 1 aliphatic carbocycles. The van der Waals surface area contributed by atoms with Gasteiger partial charge in [0.2, 0.25) is 0 Å². The number of aromatic hydroxyl groups is 1. The van der Waals surface area contributed by atoms with E-state index in [1.165, 1.54) is 12.1 Å². The topological polar surface area (TPSA) is 66.5 Å². The van der Waals surface area contributed by atoms with Gasteiger partial charge in [-0.1, -0.05) is 25.0 Å². The van der Waals surface area contributed by atoms with Crippen molar-refractivity contribution in [2.45, 2.75) is 37.8 Å². The molecule has 0 radical (unpaired) electrons. The first-order valence-electron chi connectivity index (χ1n) is 6.02. The van der Waals surface area contributed by atoms with Crippen LogP contribution in [0.5, 0.6) is 5.75 Å². The Balaban J connectivity index is 0.00000162. The zero-order valence-electron chi connectivity index (χ0n) is 10.1. The van der Waals surface area contributed by atoms with Crippen molar-refractivity contribution >= 4 is 12.4 Å². The van der Waals surface area contributed by atoms with E-state index >= 15 is 0 Å². The van der Waals surface area contributed by atoms with Gasteiger partial charge in [0.15, 0.2) is 11.6 Å². The van der Waals surface area contributed by atoms with Gasteiger partial charge in [-0.25, -0.2) is 4.39 Å². The summed E-state index contributed by atoms with van der Waals surface area (Å²) in [6.45, 7) is 0. The van der Waals surface area contributed by atoms with Gasteiger partial charge < -0.3 is 15.9 Å². The SMILES string of the molecule is Cl.N[C@@H](c1cccc(F)c1O)[C@H](O)C1CCCC1. The van der Waals surface area contributed by atoms with Crippen molar-refractivity contribution in [1.29, 1.82) is 0 Å². The molecule has 0 unspecified atom stereocenters. The molecule has 18 heavy (non-hydrogen) atoms. The lowest BCUT2D eigenvalue weighted by molar-refractivity contribution is 0.0834. The molecule has 1 aromatic carbocycles. The van der Waals surface area contributed by atoms with Gasteiger partial charge in [0.05, 0.1) is 12.1 Å².